The molecule has 2 rings (SSSR count). The fraction of sp³-hybridized carbons (Fsp3) is 0.353. The molecular weight excluding hydrogens is 276 g/mol. The molecule has 0 saturated heterocycles. The minimum Gasteiger partial charge on any atom is -0.385 e. The number of anilines is 1. The second-order valence-corrected chi connectivity index (χ2v) is 5.10. The van der Waals surface area contributed by atoms with Gasteiger partial charge in [-0.05, 0) is 36.2 Å². The maximum Gasteiger partial charge on any atom is 0.270 e. The van der Waals surface area contributed by atoms with E-state index in [1.807, 2.05) is 18.2 Å². The SMILES string of the molecule is CCCCCNc1ccnc(C(=O)NCc2ccncc2)c1. The zero-order chi connectivity index (χ0) is 15.6. The van der Waals surface area contributed by atoms with E-state index in [1.165, 1.54) is 12.8 Å². The van der Waals surface area contributed by atoms with E-state index in [2.05, 4.69) is 27.5 Å². The van der Waals surface area contributed by atoms with E-state index in [9.17, 15) is 4.79 Å². The van der Waals surface area contributed by atoms with Crippen LogP contribution in [0.25, 0.3) is 0 Å². The Labute approximate surface area is 131 Å². The smallest absolute Gasteiger partial charge is 0.270 e. The van der Waals surface area contributed by atoms with Crippen LogP contribution in [0.1, 0.15) is 42.2 Å². The molecule has 0 atom stereocenters. The van der Waals surface area contributed by atoms with Crippen molar-refractivity contribution in [1.29, 1.82) is 0 Å². The number of nitrogens with one attached hydrogen (secondary N) is 2. The zero-order valence-corrected chi connectivity index (χ0v) is 12.9. The van der Waals surface area contributed by atoms with Gasteiger partial charge < -0.3 is 10.6 Å². The Balaban J connectivity index is 1.86. The fourth-order valence-electron chi connectivity index (χ4n) is 2.05. The van der Waals surface area contributed by atoms with Gasteiger partial charge in [0.2, 0.25) is 0 Å². The van der Waals surface area contributed by atoms with Crippen molar-refractivity contribution >= 4 is 11.6 Å². The van der Waals surface area contributed by atoms with Crippen LogP contribution in [-0.4, -0.2) is 22.4 Å². The first-order chi connectivity index (χ1) is 10.8. The Morgan fingerprint density at radius 1 is 1.14 bits per heavy atom. The molecule has 116 valence electrons. The molecule has 22 heavy (non-hydrogen) atoms. The third kappa shape index (κ3) is 5.16. The van der Waals surface area contributed by atoms with Gasteiger partial charge in [-0.3, -0.25) is 14.8 Å². The largest absolute Gasteiger partial charge is 0.385 e. The number of aromatic nitrogens is 2. The minimum absolute atomic E-state index is 0.172. The molecule has 2 aromatic rings. The molecule has 0 radical (unpaired) electrons. The summed E-state index contributed by atoms with van der Waals surface area (Å²) in [5.41, 5.74) is 2.37. The highest BCUT2D eigenvalue weighted by atomic mass is 16.1. The van der Waals surface area contributed by atoms with Crippen molar-refractivity contribution in [3.05, 3.63) is 54.1 Å². The van der Waals surface area contributed by atoms with Crippen LogP contribution >= 0.6 is 0 Å². The lowest BCUT2D eigenvalue weighted by molar-refractivity contribution is 0.0946. The topological polar surface area (TPSA) is 66.9 Å². The van der Waals surface area contributed by atoms with Crippen LogP contribution in [0.2, 0.25) is 0 Å². The molecule has 0 fully saturated rings. The summed E-state index contributed by atoms with van der Waals surface area (Å²) in [7, 11) is 0. The lowest BCUT2D eigenvalue weighted by atomic mass is 10.2. The number of carbonyl (C=O) groups excluding carboxylic acids is 1. The second-order valence-electron chi connectivity index (χ2n) is 5.10. The quantitative estimate of drug-likeness (QED) is 0.735. The number of carbonyl (C=O) groups is 1. The Kier molecular flexibility index (Phi) is 6.36. The van der Waals surface area contributed by atoms with E-state index in [0.717, 1.165) is 24.2 Å². The van der Waals surface area contributed by atoms with E-state index in [4.69, 9.17) is 0 Å². The summed E-state index contributed by atoms with van der Waals surface area (Å²) in [6, 6.07) is 7.41. The van der Waals surface area contributed by atoms with Crippen molar-refractivity contribution in [2.24, 2.45) is 0 Å². The van der Waals surface area contributed by atoms with E-state index in [-0.39, 0.29) is 5.91 Å². The fourth-order valence-corrected chi connectivity index (χ4v) is 2.05. The summed E-state index contributed by atoms with van der Waals surface area (Å²) in [5.74, 6) is -0.172. The van der Waals surface area contributed by atoms with Gasteiger partial charge in [0.25, 0.3) is 5.91 Å². The number of rotatable bonds is 8. The predicted molar refractivity (Wildman–Crippen MR) is 87.7 cm³/mol. The van der Waals surface area contributed by atoms with Crippen LogP contribution in [0.3, 0.4) is 0 Å². The molecule has 5 nitrogen and oxygen atoms in total. The summed E-state index contributed by atoms with van der Waals surface area (Å²) >= 11 is 0. The summed E-state index contributed by atoms with van der Waals surface area (Å²) in [5, 5.41) is 6.18. The number of hydrogen-bond acceptors (Lipinski definition) is 4. The van der Waals surface area contributed by atoms with Crippen molar-refractivity contribution < 1.29 is 4.79 Å². The lowest BCUT2D eigenvalue weighted by Crippen LogP contribution is -2.23. The van der Waals surface area contributed by atoms with Crippen LogP contribution in [0.15, 0.2) is 42.9 Å². The van der Waals surface area contributed by atoms with Crippen molar-refractivity contribution in [2.45, 2.75) is 32.7 Å². The van der Waals surface area contributed by atoms with Gasteiger partial charge in [0, 0.05) is 37.4 Å². The minimum atomic E-state index is -0.172. The van der Waals surface area contributed by atoms with E-state index in [0.29, 0.717) is 12.2 Å². The molecule has 2 aromatic heterocycles. The molecule has 0 aliphatic rings. The third-order valence-corrected chi connectivity index (χ3v) is 3.30. The van der Waals surface area contributed by atoms with Gasteiger partial charge in [-0.2, -0.15) is 0 Å². The summed E-state index contributed by atoms with van der Waals surface area (Å²) < 4.78 is 0. The highest BCUT2D eigenvalue weighted by molar-refractivity contribution is 5.93. The lowest BCUT2D eigenvalue weighted by Gasteiger charge is -2.08. The number of amides is 1. The first-order valence-corrected chi connectivity index (χ1v) is 7.66. The van der Waals surface area contributed by atoms with Gasteiger partial charge in [-0.15, -0.1) is 0 Å². The number of hydrogen-bond donors (Lipinski definition) is 2. The van der Waals surface area contributed by atoms with Crippen molar-refractivity contribution in [3.63, 3.8) is 0 Å². The predicted octanol–water partition coefficient (Wildman–Crippen LogP) is 3.01. The third-order valence-electron chi connectivity index (χ3n) is 3.30. The van der Waals surface area contributed by atoms with Crippen molar-refractivity contribution in [2.75, 3.05) is 11.9 Å². The molecule has 0 spiro atoms. The first-order valence-electron chi connectivity index (χ1n) is 7.66. The van der Waals surface area contributed by atoms with E-state index >= 15 is 0 Å². The second kappa shape index (κ2) is 8.77. The van der Waals surface area contributed by atoms with Crippen LogP contribution in [0, 0.1) is 0 Å². The standard InChI is InChI=1S/C17H22N4O/c1-2-3-4-8-19-15-7-11-20-16(12-15)17(22)21-13-14-5-9-18-10-6-14/h5-7,9-12H,2-4,8,13H2,1H3,(H,19,20)(H,21,22). The molecule has 0 unspecified atom stereocenters. The van der Waals surface area contributed by atoms with Gasteiger partial charge in [-0.1, -0.05) is 19.8 Å². The molecule has 5 heteroatoms. The zero-order valence-electron chi connectivity index (χ0n) is 12.9. The number of nitrogens with zero attached hydrogens (tertiary/aromatic N) is 2. The average Bonchev–Trinajstić information content (AvgIpc) is 2.58. The average molecular weight is 298 g/mol. The Morgan fingerprint density at radius 2 is 1.95 bits per heavy atom. The van der Waals surface area contributed by atoms with Gasteiger partial charge in [0.15, 0.2) is 0 Å². The first kappa shape index (κ1) is 15.9. The van der Waals surface area contributed by atoms with E-state index in [1.54, 1.807) is 24.7 Å². The maximum atomic E-state index is 12.1. The molecule has 2 heterocycles. The molecule has 0 aliphatic carbocycles. The Morgan fingerprint density at radius 3 is 2.73 bits per heavy atom. The number of pyridine rings is 2. The molecule has 2 N–H and O–H groups in total. The van der Waals surface area contributed by atoms with Crippen molar-refractivity contribution in [3.8, 4) is 0 Å². The van der Waals surface area contributed by atoms with Crippen LogP contribution in [-0.2, 0) is 6.54 Å². The van der Waals surface area contributed by atoms with Gasteiger partial charge in [-0.25, -0.2) is 0 Å². The van der Waals surface area contributed by atoms with Gasteiger partial charge >= 0.3 is 0 Å². The monoisotopic (exact) mass is 298 g/mol. The van der Waals surface area contributed by atoms with Crippen LogP contribution in [0.5, 0.6) is 0 Å². The molecule has 0 saturated carbocycles. The van der Waals surface area contributed by atoms with E-state index < -0.39 is 0 Å². The maximum absolute atomic E-state index is 12.1. The summed E-state index contributed by atoms with van der Waals surface area (Å²) in [6.07, 6.45) is 8.60. The number of unbranched alkanes of at least 4 members (excludes halogenated alkanes) is 2. The summed E-state index contributed by atoms with van der Waals surface area (Å²) in [6.45, 7) is 3.56. The summed E-state index contributed by atoms with van der Waals surface area (Å²) in [4.78, 5) is 20.2. The molecule has 0 aliphatic heterocycles. The van der Waals surface area contributed by atoms with Crippen LogP contribution < -0.4 is 10.6 Å². The molecule has 0 bridgehead atoms. The Bertz CT molecular complexity index is 586. The van der Waals surface area contributed by atoms with Gasteiger partial charge in [0.1, 0.15) is 5.69 Å². The Hall–Kier alpha value is -2.43. The van der Waals surface area contributed by atoms with Gasteiger partial charge in [0.05, 0.1) is 0 Å². The highest BCUT2D eigenvalue weighted by Gasteiger charge is 2.07. The van der Waals surface area contributed by atoms with Crippen molar-refractivity contribution in [1.82, 2.24) is 15.3 Å². The molecule has 0 aromatic carbocycles. The van der Waals surface area contributed by atoms with Crippen LogP contribution in [0.4, 0.5) is 5.69 Å². The highest BCUT2D eigenvalue weighted by Crippen LogP contribution is 2.09. The molecule has 1 amide bonds. The molecular formula is C17H22N4O. The normalized spacial score (nSPS) is 10.2.